The van der Waals surface area contributed by atoms with Gasteiger partial charge in [0, 0.05) is 19.2 Å². The summed E-state index contributed by atoms with van der Waals surface area (Å²) >= 11 is 0. The van der Waals surface area contributed by atoms with Crippen LogP contribution in [0.25, 0.3) is 0 Å². The number of urea groups is 1. The zero-order valence-electron chi connectivity index (χ0n) is 14.3. The van der Waals surface area contributed by atoms with E-state index in [1.807, 2.05) is 41.8 Å². The number of aryl methyl sites for hydroxylation is 2. The minimum Gasteiger partial charge on any atom is -0.333 e. The second kappa shape index (κ2) is 12.1. The summed E-state index contributed by atoms with van der Waals surface area (Å²) in [6, 6.07) is 13.2. The summed E-state index contributed by atoms with van der Waals surface area (Å²) in [5, 5.41) is 5.31. The maximum Gasteiger partial charge on any atom is 0.329 e. The molecule has 0 aliphatic carbocycles. The summed E-state index contributed by atoms with van der Waals surface area (Å²) < 4.78 is 0. The number of halogens is 2. The Morgan fingerprint density at radius 1 is 1.00 bits per heavy atom. The molecule has 1 heterocycles. The zero-order chi connectivity index (χ0) is 17.4. The van der Waals surface area contributed by atoms with Crippen LogP contribution in [0.1, 0.15) is 23.7 Å². The van der Waals surface area contributed by atoms with Gasteiger partial charge in [-0.25, -0.2) is 15.6 Å². The van der Waals surface area contributed by atoms with Crippen LogP contribution in [-0.4, -0.2) is 16.9 Å². The number of pyridine rings is 1. The Hall–Kier alpha value is -2.35. The summed E-state index contributed by atoms with van der Waals surface area (Å²) in [7, 11) is 0. The van der Waals surface area contributed by atoms with E-state index in [1.165, 1.54) is 12.5 Å². The van der Waals surface area contributed by atoms with Gasteiger partial charge in [-0.1, -0.05) is 30.3 Å². The van der Waals surface area contributed by atoms with Crippen LogP contribution in [0.15, 0.2) is 42.5 Å². The van der Waals surface area contributed by atoms with Crippen molar-refractivity contribution in [2.45, 2.75) is 26.3 Å². The molecule has 2 rings (SSSR count). The monoisotopic (exact) mass is 399 g/mol. The number of carbonyl (C=O) groups excluding carboxylic acids is 2. The molecule has 0 spiro atoms. The maximum atomic E-state index is 11.1. The summed E-state index contributed by atoms with van der Waals surface area (Å²) in [6.45, 7) is 1.88. The Labute approximate surface area is 164 Å². The van der Waals surface area contributed by atoms with E-state index in [4.69, 9.17) is 5.84 Å². The van der Waals surface area contributed by atoms with Gasteiger partial charge in [-0.15, -0.1) is 24.8 Å². The van der Waals surface area contributed by atoms with Crippen molar-refractivity contribution in [3.05, 3.63) is 59.3 Å². The van der Waals surface area contributed by atoms with Gasteiger partial charge in [0.25, 0.3) is 0 Å². The number of carbonyl (C=O) groups is 2. The molecule has 7 nitrogen and oxygen atoms in total. The Balaban J connectivity index is 0.00000312. The topological polar surface area (TPSA) is 109 Å². The first-order valence-corrected chi connectivity index (χ1v) is 7.62. The minimum atomic E-state index is -0.413. The highest BCUT2D eigenvalue weighted by molar-refractivity contribution is 5.87. The van der Waals surface area contributed by atoms with Crippen molar-refractivity contribution in [2.24, 2.45) is 5.84 Å². The lowest BCUT2D eigenvalue weighted by Gasteiger charge is -2.07. The van der Waals surface area contributed by atoms with Crippen molar-refractivity contribution in [2.75, 3.05) is 5.32 Å². The van der Waals surface area contributed by atoms with E-state index >= 15 is 0 Å². The highest BCUT2D eigenvalue weighted by Gasteiger charge is 2.02. The molecular weight excluding hydrogens is 377 g/mol. The van der Waals surface area contributed by atoms with Gasteiger partial charge in [-0.2, -0.15) is 0 Å². The van der Waals surface area contributed by atoms with Crippen molar-refractivity contribution < 1.29 is 9.59 Å². The third-order valence-corrected chi connectivity index (χ3v) is 3.39. The minimum absolute atomic E-state index is 0. The average molecular weight is 400 g/mol. The van der Waals surface area contributed by atoms with Crippen LogP contribution in [0.5, 0.6) is 0 Å². The number of anilines is 1. The van der Waals surface area contributed by atoms with E-state index in [1.54, 1.807) is 6.07 Å². The molecule has 0 radical (unpaired) electrons. The first kappa shape index (κ1) is 23.6. The highest BCUT2D eigenvalue weighted by atomic mass is 35.5. The zero-order valence-corrected chi connectivity index (χ0v) is 16.0. The number of hydrogen-bond donors (Lipinski definition) is 4. The molecule has 2 aromatic rings. The predicted molar refractivity (Wildman–Crippen MR) is 106 cm³/mol. The summed E-state index contributed by atoms with van der Waals surface area (Å²) in [5.74, 6) is 5.44. The number of nitrogens with zero attached hydrogens (tertiary/aromatic N) is 1. The van der Waals surface area contributed by atoms with Crippen molar-refractivity contribution >= 4 is 42.6 Å². The number of nitrogens with one attached hydrogen (secondary N) is 3. The summed E-state index contributed by atoms with van der Waals surface area (Å²) in [5.41, 5.74) is 5.11. The number of rotatable bonds is 6. The lowest BCUT2D eigenvalue weighted by atomic mass is 10.1. The first-order valence-electron chi connectivity index (χ1n) is 7.62. The fourth-order valence-corrected chi connectivity index (χ4v) is 2.20. The van der Waals surface area contributed by atoms with Crippen molar-refractivity contribution in [1.82, 2.24) is 15.7 Å². The molecule has 142 valence electrons. The largest absolute Gasteiger partial charge is 0.333 e. The van der Waals surface area contributed by atoms with Crippen molar-refractivity contribution in [3.8, 4) is 0 Å². The number of hydrogen-bond acceptors (Lipinski definition) is 4. The molecule has 0 saturated heterocycles. The number of amides is 3. The van der Waals surface area contributed by atoms with Gasteiger partial charge in [0.1, 0.15) is 5.82 Å². The van der Waals surface area contributed by atoms with Gasteiger partial charge in [0.05, 0.1) is 0 Å². The molecule has 1 aromatic heterocycles. The van der Waals surface area contributed by atoms with Crippen LogP contribution in [0, 0.1) is 0 Å². The SMILES string of the molecule is CC(=O)Nc1cccc(CCc2ccc(CNC(=O)NN)cc2)n1.Cl.Cl. The van der Waals surface area contributed by atoms with Gasteiger partial charge in [0.2, 0.25) is 5.91 Å². The van der Waals surface area contributed by atoms with E-state index in [9.17, 15) is 9.59 Å². The Morgan fingerprint density at radius 3 is 2.27 bits per heavy atom. The molecular formula is C17H23Cl2N5O2. The third-order valence-electron chi connectivity index (χ3n) is 3.39. The number of aromatic nitrogens is 1. The van der Waals surface area contributed by atoms with Crippen molar-refractivity contribution in [3.63, 3.8) is 0 Å². The van der Waals surface area contributed by atoms with Crippen LogP contribution < -0.4 is 21.9 Å². The highest BCUT2D eigenvalue weighted by Crippen LogP contribution is 2.10. The molecule has 0 aliphatic heterocycles. The normalized spacial score (nSPS) is 9.31. The average Bonchev–Trinajstić information content (AvgIpc) is 2.58. The standard InChI is InChI=1S/C17H21N5O2.2ClH/c1-12(23)20-16-4-2-3-15(21-16)10-9-13-5-7-14(8-6-13)11-19-17(24)22-18;;/h2-8H,9-11,18H2,1H3,(H2,19,22,24)(H,20,21,23);2*1H. The fourth-order valence-electron chi connectivity index (χ4n) is 2.20. The Kier molecular flexibility index (Phi) is 11.0. The summed E-state index contributed by atoms with van der Waals surface area (Å²) in [4.78, 5) is 26.5. The Bertz CT molecular complexity index is 711. The van der Waals surface area contributed by atoms with Crippen LogP contribution >= 0.6 is 24.8 Å². The van der Waals surface area contributed by atoms with Gasteiger partial charge in [-0.05, 0) is 36.1 Å². The molecule has 5 N–H and O–H groups in total. The number of benzene rings is 1. The van der Waals surface area contributed by atoms with Crippen molar-refractivity contribution in [1.29, 1.82) is 0 Å². The molecule has 0 fully saturated rings. The second-order valence-electron chi connectivity index (χ2n) is 5.34. The van der Waals surface area contributed by atoms with Gasteiger partial charge < -0.3 is 10.6 Å². The van der Waals surface area contributed by atoms with E-state index in [-0.39, 0.29) is 30.7 Å². The lowest BCUT2D eigenvalue weighted by molar-refractivity contribution is -0.114. The van der Waals surface area contributed by atoms with Gasteiger partial charge in [0.15, 0.2) is 0 Å². The van der Waals surface area contributed by atoms with E-state index in [0.717, 1.165) is 24.1 Å². The summed E-state index contributed by atoms with van der Waals surface area (Å²) in [6.07, 6.45) is 1.62. The van der Waals surface area contributed by atoms with Crippen LogP contribution in [0.2, 0.25) is 0 Å². The van der Waals surface area contributed by atoms with E-state index in [2.05, 4.69) is 15.6 Å². The molecule has 0 saturated carbocycles. The second-order valence-corrected chi connectivity index (χ2v) is 5.34. The molecule has 0 aliphatic rings. The van der Waals surface area contributed by atoms with Gasteiger partial charge >= 0.3 is 6.03 Å². The molecule has 0 unspecified atom stereocenters. The molecule has 9 heteroatoms. The quantitative estimate of drug-likeness (QED) is 0.339. The smallest absolute Gasteiger partial charge is 0.329 e. The first-order chi connectivity index (χ1) is 11.6. The van der Waals surface area contributed by atoms with Gasteiger partial charge in [-0.3, -0.25) is 10.2 Å². The lowest BCUT2D eigenvalue weighted by Crippen LogP contribution is -2.39. The van der Waals surface area contributed by atoms with Crippen LogP contribution in [0.4, 0.5) is 10.6 Å². The third kappa shape index (κ3) is 8.15. The van der Waals surface area contributed by atoms with E-state index in [0.29, 0.717) is 12.4 Å². The predicted octanol–water partition coefficient (Wildman–Crippen LogP) is 2.34. The number of nitrogens with two attached hydrogens (primary N) is 1. The fraction of sp³-hybridized carbons (Fsp3) is 0.235. The molecule has 3 amide bonds. The molecule has 0 bridgehead atoms. The van der Waals surface area contributed by atoms with Crippen LogP contribution in [0.3, 0.4) is 0 Å². The Morgan fingerprint density at radius 2 is 1.65 bits per heavy atom. The molecule has 26 heavy (non-hydrogen) atoms. The number of hydrazine groups is 1. The maximum absolute atomic E-state index is 11.1. The molecule has 0 atom stereocenters. The van der Waals surface area contributed by atoms with E-state index < -0.39 is 6.03 Å². The van der Waals surface area contributed by atoms with Crippen LogP contribution in [-0.2, 0) is 24.2 Å². The molecule has 1 aromatic carbocycles.